The van der Waals surface area contributed by atoms with Crippen LogP contribution in [0.3, 0.4) is 0 Å². The average molecular weight is 427 g/mol. The topological polar surface area (TPSA) is 58.6 Å². The number of carbonyl (C=O) groups is 2. The summed E-state index contributed by atoms with van der Waals surface area (Å²) in [7, 11) is 0. The summed E-state index contributed by atoms with van der Waals surface area (Å²) in [4.78, 5) is 27.0. The fraction of sp³-hybridized carbons (Fsp3) is 0.185. The predicted octanol–water partition coefficient (Wildman–Crippen LogP) is 5.27. The van der Waals surface area contributed by atoms with Crippen LogP contribution in [0.1, 0.15) is 29.2 Å². The number of benzene rings is 3. The quantitative estimate of drug-likeness (QED) is 0.566. The zero-order chi connectivity index (χ0) is 22.7. The van der Waals surface area contributed by atoms with Crippen molar-refractivity contribution in [3.8, 4) is 5.75 Å². The minimum atomic E-state index is -0.564. The van der Waals surface area contributed by atoms with E-state index in [1.165, 1.54) is 17.2 Å². The number of rotatable bonds is 5. The van der Waals surface area contributed by atoms with Crippen molar-refractivity contribution in [2.24, 2.45) is 0 Å². The molecule has 0 fully saturated rings. The van der Waals surface area contributed by atoms with E-state index in [4.69, 9.17) is 4.74 Å². The van der Waals surface area contributed by atoms with Crippen molar-refractivity contribution < 1.29 is 14.3 Å². The lowest BCUT2D eigenvalue weighted by Crippen LogP contribution is -2.44. The first kappa shape index (κ1) is 21.4. The molecule has 1 heterocycles. The molecule has 0 radical (unpaired) electrons. The third kappa shape index (κ3) is 4.89. The molecule has 1 aliphatic heterocycles. The van der Waals surface area contributed by atoms with Gasteiger partial charge in [-0.3, -0.25) is 9.59 Å². The number of fused-ring (bicyclic) bond motifs is 1. The number of ether oxygens (including phenoxy) is 1. The lowest BCUT2D eigenvalue weighted by atomic mass is 10.1. The van der Waals surface area contributed by atoms with Gasteiger partial charge in [-0.05, 0) is 56.2 Å². The Morgan fingerprint density at radius 1 is 1.00 bits per heavy atom. The molecular weight excluding hydrogens is 400 g/mol. The minimum absolute atomic E-state index is 0.110. The van der Waals surface area contributed by atoms with Crippen molar-refractivity contribution in [1.29, 1.82) is 0 Å². The zero-order valence-corrected chi connectivity index (χ0v) is 18.5. The van der Waals surface area contributed by atoms with Gasteiger partial charge in [-0.2, -0.15) is 0 Å². The van der Waals surface area contributed by atoms with Crippen LogP contribution >= 0.6 is 0 Å². The van der Waals surface area contributed by atoms with Gasteiger partial charge in [-0.1, -0.05) is 59.7 Å². The third-order valence-corrected chi connectivity index (χ3v) is 5.40. The normalized spacial score (nSPS) is 15.4. The van der Waals surface area contributed by atoms with Crippen molar-refractivity contribution in [3.63, 3.8) is 0 Å². The first-order chi connectivity index (χ1) is 15.4. The summed E-state index contributed by atoms with van der Waals surface area (Å²) < 4.78 is 5.79. The molecule has 1 N–H and O–H groups in total. The summed E-state index contributed by atoms with van der Waals surface area (Å²) >= 11 is 0. The van der Waals surface area contributed by atoms with E-state index in [1.807, 2.05) is 62.4 Å². The molecule has 2 amide bonds. The largest absolute Gasteiger partial charge is 0.479 e. The van der Waals surface area contributed by atoms with E-state index >= 15 is 0 Å². The van der Waals surface area contributed by atoms with Gasteiger partial charge in [0.2, 0.25) is 5.91 Å². The van der Waals surface area contributed by atoms with Gasteiger partial charge in [0.25, 0.3) is 5.91 Å². The molecule has 0 bridgehead atoms. The first-order valence-electron chi connectivity index (χ1n) is 10.6. The SMILES string of the molecule is Cc1ccc(/C=C/C(=O)Nc2ccc3c(c2)N(Cc2ccc(C)cc2)C(=O)C(C)O3)cc1. The summed E-state index contributed by atoms with van der Waals surface area (Å²) in [6.45, 7) is 6.24. The number of anilines is 2. The van der Waals surface area contributed by atoms with Crippen molar-refractivity contribution in [1.82, 2.24) is 0 Å². The van der Waals surface area contributed by atoms with Crippen LogP contribution in [0, 0.1) is 13.8 Å². The molecule has 3 aromatic rings. The first-order valence-corrected chi connectivity index (χ1v) is 10.6. The van der Waals surface area contributed by atoms with Crippen LogP contribution in [0.5, 0.6) is 5.75 Å². The van der Waals surface area contributed by atoms with Gasteiger partial charge in [-0.15, -0.1) is 0 Å². The Bertz CT molecular complexity index is 1160. The number of hydrogen-bond acceptors (Lipinski definition) is 3. The van der Waals surface area contributed by atoms with E-state index in [0.717, 1.165) is 11.1 Å². The monoisotopic (exact) mass is 426 g/mol. The second kappa shape index (κ2) is 9.10. The van der Waals surface area contributed by atoms with Gasteiger partial charge >= 0.3 is 0 Å². The third-order valence-electron chi connectivity index (χ3n) is 5.40. The van der Waals surface area contributed by atoms with Crippen LogP contribution in [0.25, 0.3) is 6.08 Å². The fourth-order valence-corrected chi connectivity index (χ4v) is 3.56. The molecule has 0 spiro atoms. The highest BCUT2D eigenvalue weighted by molar-refractivity contribution is 6.04. The molecule has 0 aliphatic carbocycles. The molecular formula is C27H26N2O3. The Hall–Kier alpha value is -3.86. The van der Waals surface area contributed by atoms with Crippen LogP contribution in [0.15, 0.2) is 72.8 Å². The van der Waals surface area contributed by atoms with Gasteiger partial charge in [0.1, 0.15) is 5.75 Å². The van der Waals surface area contributed by atoms with Crippen LogP contribution in [0.2, 0.25) is 0 Å². The predicted molar refractivity (Wildman–Crippen MR) is 128 cm³/mol. The summed E-state index contributed by atoms with van der Waals surface area (Å²) in [5.41, 5.74) is 5.56. The second-order valence-corrected chi connectivity index (χ2v) is 8.09. The summed E-state index contributed by atoms with van der Waals surface area (Å²) in [6.07, 6.45) is 2.70. The van der Waals surface area contributed by atoms with Crippen molar-refractivity contribution in [3.05, 3.63) is 95.1 Å². The average Bonchev–Trinajstić information content (AvgIpc) is 2.78. The lowest BCUT2D eigenvalue weighted by Gasteiger charge is -2.33. The Morgan fingerprint density at radius 3 is 2.34 bits per heavy atom. The van der Waals surface area contributed by atoms with Gasteiger partial charge in [0.15, 0.2) is 6.10 Å². The van der Waals surface area contributed by atoms with E-state index < -0.39 is 6.10 Å². The smallest absolute Gasteiger partial charge is 0.268 e. The maximum absolute atomic E-state index is 12.9. The van der Waals surface area contributed by atoms with Gasteiger partial charge in [0, 0.05) is 11.8 Å². The molecule has 3 aromatic carbocycles. The number of nitrogens with zero attached hydrogens (tertiary/aromatic N) is 1. The van der Waals surface area contributed by atoms with E-state index in [1.54, 1.807) is 36.1 Å². The van der Waals surface area contributed by atoms with Crippen LogP contribution in [0.4, 0.5) is 11.4 Å². The minimum Gasteiger partial charge on any atom is -0.479 e. The van der Waals surface area contributed by atoms with Crippen molar-refractivity contribution in [2.45, 2.75) is 33.4 Å². The summed E-state index contributed by atoms with van der Waals surface area (Å²) in [5, 5.41) is 2.87. The number of aryl methyl sites for hydroxylation is 2. The standard InChI is InChI=1S/C27H26N2O3/c1-18-4-8-21(9-5-18)12-15-26(30)28-23-13-14-25-24(16-23)29(27(31)20(3)32-25)17-22-10-6-19(2)7-11-22/h4-16,20H,17H2,1-3H3,(H,28,30)/b15-12+. The molecule has 5 nitrogen and oxygen atoms in total. The van der Waals surface area contributed by atoms with Crippen LogP contribution < -0.4 is 15.0 Å². The molecule has 0 aromatic heterocycles. The van der Waals surface area contributed by atoms with Crippen molar-refractivity contribution in [2.75, 3.05) is 10.2 Å². The van der Waals surface area contributed by atoms with E-state index in [2.05, 4.69) is 5.32 Å². The van der Waals surface area contributed by atoms with Gasteiger partial charge in [0.05, 0.1) is 12.2 Å². The van der Waals surface area contributed by atoms with E-state index in [0.29, 0.717) is 23.7 Å². The molecule has 5 heteroatoms. The van der Waals surface area contributed by atoms with E-state index in [-0.39, 0.29) is 11.8 Å². The van der Waals surface area contributed by atoms with E-state index in [9.17, 15) is 9.59 Å². The highest BCUT2D eigenvalue weighted by Crippen LogP contribution is 2.37. The highest BCUT2D eigenvalue weighted by atomic mass is 16.5. The maximum Gasteiger partial charge on any atom is 0.268 e. The molecule has 1 unspecified atom stereocenters. The Labute approximate surface area is 188 Å². The van der Waals surface area contributed by atoms with Crippen LogP contribution in [-0.4, -0.2) is 17.9 Å². The lowest BCUT2D eigenvalue weighted by molar-refractivity contribution is -0.125. The summed E-state index contributed by atoms with van der Waals surface area (Å²) in [5.74, 6) is 0.269. The van der Waals surface area contributed by atoms with Crippen molar-refractivity contribution >= 4 is 29.3 Å². The molecule has 162 valence electrons. The molecule has 0 saturated heterocycles. The summed E-state index contributed by atoms with van der Waals surface area (Å²) in [6, 6.07) is 21.4. The number of nitrogens with one attached hydrogen (secondary N) is 1. The van der Waals surface area contributed by atoms with Crippen LogP contribution in [-0.2, 0) is 16.1 Å². The molecule has 0 saturated carbocycles. The number of hydrogen-bond donors (Lipinski definition) is 1. The Balaban J connectivity index is 1.54. The fourth-order valence-electron chi connectivity index (χ4n) is 3.56. The number of carbonyl (C=O) groups excluding carboxylic acids is 2. The molecule has 32 heavy (non-hydrogen) atoms. The van der Waals surface area contributed by atoms with Gasteiger partial charge in [-0.25, -0.2) is 0 Å². The Morgan fingerprint density at radius 2 is 1.66 bits per heavy atom. The molecule has 4 rings (SSSR count). The highest BCUT2D eigenvalue weighted by Gasteiger charge is 2.31. The zero-order valence-electron chi connectivity index (χ0n) is 18.5. The Kier molecular flexibility index (Phi) is 6.08. The molecule has 1 aliphatic rings. The maximum atomic E-state index is 12.9. The second-order valence-electron chi connectivity index (χ2n) is 8.09. The number of amides is 2. The molecule has 1 atom stereocenters. The van der Waals surface area contributed by atoms with Gasteiger partial charge < -0.3 is 15.0 Å².